The van der Waals surface area contributed by atoms with Crippen molar-refractivity contribution in [1.29, 1.82) is 5.26 Å². The molecule has 3 nitrogen and oxygen atoms in total. The summed E-state index contributed by atoms with van der Waals surface area (Å²) < 4.78 is 14.9. The average molecular weight is 334 g/mol. The van der Waals surface area contributed by atoms with Crippen LogP contribution in [-0.4, -0.2) is 4.98 Å². The second-order valence-corrected chi connectivity index (χ2v) is 5.32. The van der Waals surface area contributed by atoms with Crippen LogP contribution in [0.2, 0.25) is 0 Å². The highest BCUT2D eigenvalue weighted by Crippen LogP contribution is 2.35. The standard InChI is InChI=1S/C15H13BrFN3/c1-3-10-8(2)20-15(19)12(7-18)14(10)11-6-9(16)4-5-13(11)17/h4-6H,3H2,1-2H3,(H2,19,20). The molecule has 0 spiro atoms. The highest BCUT2D eigenvalue weighted by atomic mass is 79.9. The van der Waals surface area contributed by atoms with Gasteiger partial charge in [-0.2, -0.15) is 5.26 Å². The number of nitrogens with zero attached hydrogens (tertiary/aromatic N) is 2. The van der Waals surface area contributed by atoms with Gasteiger partial charge in [-0.05, 0) is 37.1 Å². The minimum absolute atomic E-state index is 0.136. The van der Waals surface area contributed by atoms with Gasteiger partial charge in [0, 0.05) is 21.3 Å². The monoisotopic (exact) mass is 333 g/mol. The SMILES string of the molecule is CCc1c(C)nc(N)c(C#N)c1-c1cc(Br)ccc1F. The maximum absolute atomic E-state index is 14.2. The van der Waals surface area contributed by atoms with Crippen molar-refractivity contribution in [3.63, 3.8) is 0 Å². The Hall–Kier alpha value is -1.93. The Balaban J connectivity index is 2.91. The molecule has 0 fully saturated rings. The predicted octanol–water partition coefficient (Wildman–Crippen LogP) is 3.97. The molecular weight excluding hydrogens is 321 g/mol. The van der Waals surface area contributed by atoms with Gasteiger partial charge in [0.25, 0.3) is 0 Å². The van der Waals surface area contributed by atoms with Crippen LogP contribution in [0, 0.1) is 24.1 Å². The molecule has 0 aliphatic rings. The van der Waals surface area contributed by atoms with Crippen molar-refractivity contribution in [3.05, 3.63) is 45.3 Å². The average Bonchev–Trinajstić information content (AvgIpc) is 2.41. The molecule has 0 radical (unpaired) electrons. The summed E-state index contributed by atoms with van der Waals surface area (Å²) in [5.41, 5.74) is 8.51. The van der Waals surface area contributed by atoms with E-state index in [1.807, 2.05) is 19.9 Å². The van der Waals surface area contributed by atoms with Crippen molar-refractivity contribution < 1.29 is 4.39 Å². The van der Waals surface area contributed by atoms with Crippen molar-refractivity contribution in [1.82, 2.24) is 4.98 Å². The first-order valence-corrected chi connectivity index (χ1v) is 6.93. The third-order valence-electron chi connectivity index (χ3n) is 3.20. The van der Waals surface area contributed by atoms with E-state index in [1.165, 1.54) is 6.07 Å². The minimum Gasteiger partial charge on any atom is -0.383 e. The van der Waals surface area contributed by atoms with Crippen LogP contribution in [0.25, 0.3) is 11.1 Å². The summed E-state index contributed by atoms with van der Waals surface area (Å²) in [5, 5.41) is 9.33. The molecule has 0 aliphatic heterocycles. The number of benzene rings is 1. The van der Waals surface area contributed by atoms with Gasteiger partial charge >= 0.3 is 0 Å². The molecule has 1 aromatic carbocycles. The lowest BCUT2D eigenvalue weighted by atomic mass is 9.92. The van der Waals surface area contributed by atoms with Crippen LogP contribution in [-0.2, 0) is 6.42 Å². The molecule has 1 aromatic heterocycles. The zero-order chi connectivity index (χ0) is 14.9. The smallest absolute Gasteiger partial charge is 0.142 e. The lowest BCUT2D eigenvalue weighted by molar-refractivity contribution is 0.630. The molecule has 0 bridgehead atoms. The van der Waals surface area contributed by atoms with Crippen LogP contribution < -0.4 is 5.73 Å². The molecule has 102 valence electrons. The third-order valence-corrected chi connectivity index (χ3v) is 3.69. The number of anilines is 1. The Labute approximate surface area is 125 Å². The number of nitriles is 1. The van der Waals surface area contributed by atoms with E-state index in [4.69, 9.17) is 5.73 Å². The predicted molar refractivity (Wildman–Crippen MR) is 80.6 cm³/mol. The van der Waals surface area contributed by atoms with E-state index in [1.54, 1.807) is 12.1 Å². The number of aryl methyl sites for hydroxylation is 1. The highest BCUT2D eigenvalue weighted by molar-refractivity contribution is 9.10. The van der Waals surface area contributed by atoms with Crippen molar-refractivity contribution in [2.75, 3.05) is 5.73 Å². The maximum Gasteiger partial charge on any atom is 0.142 e. The number of halogens is 2. The number of hydrogen-bond donors (Lipinski definition) is 1. The Morgan fingerprint density at radius 1 is 1.45 bits per heavy atom. The van der Waals surface area contributed by atoms with Crippen molar-refractivity contribution >= 4 is 21.7 Å². The number of aromatic nitrogens is 1. The van der Waals surface area contributed by atoms with E-state index in [0.29, 0.717) is 17.5 Å². The van der Waals surface area contributed by atoms with Gasteiger partial charge < -0.3 is 5.73 Å². The molecule has 20 heavy (non-hydrogen) atoms. The van der Waals surface area contributed by atoms with E-state index < -0.39 is 0 Å². The lowest BCUT2D eigenvalue weighted by Gasteiger charge is -2.15. The minimum atomic E-state index is -0.385. The fourth-order valence-corrected chi connectivity index (χ4v) is 2.66. The molecule has 0 atom stereocenters. The van der Waals surface area contributed by atoms with Crippen molar-refractivity contribution in [2.45, 2.75) is 20.3 Å². The molecule has 2 N–H and O–H groups in total. The summed E-state index contributed by atoms with van der Waals surface area (Å²) in [6, 6.07) is 6.68. The molecule has 0 saturated carbocycles. The highest BCUT2D eigenvalue weighted by Gasteiger charge is 2.19. The Kier molecular flexibility index (Phi) is 4.05. The van der Waals surface area contributed by atoms with Gasteiger partial charge in [-0.3, -0.25) is 0 Å². The number of nitrogens with two attached hydrogens (primary N) is 1. The molecule has 2 aromatic rings. The molecule has 0 aliphatic carbocycles. The molecule has 5 heteroatoms. The van der Waals surface area contributed by atoms with Gasteiger partial charge in [0.05, 0.1) is 0 Å². The van der Waals surface area contributed by atoms with Gasteiger partial charge in [-0.15, -0.1) is 0 Å². The first kappa shape index (κ1) is 14.5. The number of hydrogen-bond acceptors (Lipinski definition) is 3. The molecule has 1 heterocycles. The van der Waals surface area contributed by atoms with E-state index >= 15 is 0 Å². The first-order valence-electron chi connectivity index (χ1n) is 6.14. The molecule has 2 rings (SSSR count). The summed E-state index contributed by atoms with van der Waals surface area (Å²) in [6.45, 7) is 3.76. The van der Waals surface area contributed by atoms with Crippen LogP contribution >= 0.6 is 15.9 Å². The van der Waals surface area contributed by atoms with Gasteiger partial charge in [0.15, 0.2) is 0 Å². The van der Waals surface area contributed by atoms with E-state index in [0.717, 1.165) is 15.7 Å². The first-order chi connectivity index (χ1) is 9.49. The fourth-order valence-electron chi connectivity index (χ4n) is 2.30. The van der Waals surface area contributed by atoms with Gasteiger partial charge in [0.2, 0.25) is 0 Å². The Bertz CT molecular complexity index is 720. The summed E-state index contributed by atoms with van der Waals surface area (Å²) in [7, 11) is 0. The van der Waals surface area contributed by atoms with Crippen LogP contribution in [0.1, 0.15) is 23.7 Å². The Morgan fingerprint density at radius 3 is 2.75 bits per heavy atom. The van der Waals surface area contributed by atoms with Crippen LogP contribution in [0.3, 0.4) is 0 Å². The third kappa shape index (κ3) is 2.39. The molecule has 0 unspecified atom stereocenters. The number of nitrogen functional groups attached to an aromatic ring is 1. The van der Waals surface area contributed by atoms with Crippen LogP contribution in [0.5, 0.6) is 0 Å². The lowest BCUT2D eigenvalue weighted by Crippen LogP contribution is -2.05. The maximum atomic E-state index is 14.2. The largest absolute Gasteiger partial charge is 0.383 e. The van der Waals surface area contributed by atoms with Gasteiger partial charge in [-0.1, -0.05) is 22.9 Å². The van der Waals surface area contributed by atoms with Gasteiger partial charge in [-0.25, -0.2) is 9.37 Å². The van der Waals surface area contributed by atoms with E-state index in [9.17, 15) is 9.65 Å². The second-order valence-electron chi connectivity index (χ2n) is 4.40. The molecule has 0 amide bonds. The molecule has 0 saturated heterocycles. The quantitative estimate of drug-likeness (QED) is 0.904. The fraction of sp³-hybridized carbons (Fsp3) is 0.200. The summed E-state index contributed by atoms with van der Waals surface area (Å²) in [5.74, 6) is -0.249. The second kappa shape index (κ2) is 5.59. The normalized spacial score (nSPS) is 10.3. The van der Waals surface area contributed by atoms with E-state index in [2.05, 4.69) is 20.9 Å². The zero-order valence-electron chi connectivity index (χ0n) is 11.2. The topological polar surface area (TPSA) is 62.7 Å². The summed E-state index contributed by atoms with van der Waals surface area (Å²) in [4.78, 5) is 4.17. The number of rotatable bonds is 2. The number of pyridine rings is 1. The summed E-state index contributed by atoms with van der Waals surface area (Å²) in [6.07, 6.45) is 0.648. The van der Waals surface area contributed by atoms with Crippen molar-refractivity contribution in [3.8, 4) is 17.2 Å². The molecular formula is C15H13BrFN3. The van der Waals surface area contributed by atoms with Crippen LogP contribution in [0.15, 0.2) is 22.7 Å². The van der Waals surface area contributed by atoms with E-state index in [-0.39, 0.29) is 17.2 Å². The van der Waals surface area contributed by atoms with Crippen molar-refractivity contribution in [2.24, 2.45) is 0 Å². The Morgan fingerprint density at radius 2 is 2.15 bits per heavy atom. The summed E-state index contributed by atoms with van der Waals surface area (Å²) >= 11 is 3.33. The zero-order valence-corrected chi connectivity index (χ0v) is 12.8. The van der Waals surface area contributed by atoms with Crippen LogP contribution in [0.4, 0.5) is 10.2 Å². The van der Waals surface area contributed by atoms with Gasteiger partial charge in [0.1, 0.15) is 23.3 Å².